The first kappa shape index (κ1) is 66.7. The molecule has 0 unspecified atom stereocenters. The molecule has 0 fully saturated rings. The summed E-state index contributed by atoms with van der Waals surface area (Å²) in [4.78, 5) is 0. The summed E-state index contributed by atoms with van der Waals surface area (Å²) in [7, 11) is 0. The summed E-state index contributed by atoms with van der Waals surface area (Å²) in [6.45, 7) is 0. The molecule has 0 heterocycles. The van der Waals surface area contributed by atoms with Crippen LogP contribution in [-0.2, 0) is 0 Å². The molecule has 0 aliphatic carbocycles. The van der Waals surface area contributed by atoms with Gasteiger partial charge in [0.05, 0.1) is 0 Å². The van der Waals surface area contributed by atoms with Crippen molar-refractivity contribution in [1.82, 2.24) is 0 Å². The van der Waals surface area contributed by atoms with Crippen molar-refractivity contribution in [3.63, 3.8) is 0 Å². The van der Waals surface area contributed by atoms with Crippen LogP contribution in [0.4, 0.5) is 0 Å². The first-order chi connectivity index (χ1) is 0. The van der Waals surface area contributed by atoms with E-state index in [1.807, 2.05) is 0 Å². The van der Waals surface area contributed by atoms with Gasteiger partial charge in [0.25, 0.3) is 0 Å². The molecule has 0 saturated carbocycles. The van der Waals surface area contributed by atoms with Crippen LogP contribution in [0.5, 0.6) is 0 Å². The Morgan fingerprint density at radius 2 is 1.25 bits per heavy atom. The normalized spacial score (nSPS) is 0. The Balaban J connectivity index is 0. The van der Waals surface area contributed by atoms with Crippen LogP contribution in [-0.4, -0.2) is 31.3 Å². The second kappa shape index (κ2) is 31.0. The molecule has 4 heteroatoms. The van der Waals surface area contributed by atoms with Gasteiger partial charge in [-0.3, -0.25) is 0 Å². The predicted octanol–water partition coefficient (Wildman–Crippen LogP) is -5.27. The van der Waals surface area contributed by atoms with Crippen LogP contribution in [0.1, 0.15) is 1.43 Å². The molecule has 0 aromatic carbocycles. The SMILES string of the molecule is O.[AlH3].[B].[H-].[Li+]. The van der Waals surface area contributed by atoms with Gasteiger partial charge in [0.2, 0.25) is 0 Å². The van der Waals surface area contributed by atoms with E-state index < -0.39 is 0 Å². The van der Waals surface area contributed by atoms with E-state index >= 15 is 0 Å². The van der Waals surface area contributed by atoms with Gasteiger partial charge in [-0.2, -0.15) is 0 Å². The molecule has 4 heavy (non-hydrogen) atoms. The molecule has 0 rings (SSSR count). The molecule has 3 radical (unpaired) electrons. The Kier molecular flexibility index (Phi) is 517. The van der Waals surface area contributed by atoms with Crippen molar-refractivity contribution in [3.05, 3.63) is 0 Å². The van der Waals surface area contributed by atoms with Gasteiger partial charge in [-0.1, -0.05) is 0 Å². The van der Waals surface area contributed by atoms with Crippen LogP contribution in [0.25, 0.3) is 0 Å². The summed E-state index contributed by atoms with van der Waals surface area (Å²) in [6.07, 6.45) is 0. The number of hydrogen-bond acceptors (Lipinski definition) is 0. The molecule has 0 saturated heterocycles. The summed E-state index contributed by atoms with van der Waals surface area (Å²) in [5.74, 6) is 0. The van der Waals surface area contributed by atoms with Gasteiger partial charge in [-0.05, 0) is 0 Å². The molecule has 0 aromatic rings. The van der Waals surface area contributed by atoms with E-state index in [1.165, 1.54) is 0 Å². The van der Waals surface area contributed by atoms with Crippen molar-refractivity contribution in [2.24, 2.45) is 0 Å². The molecule has 0 bridgehead atoms. The average molecular weight is 66.8 g/mol. The van der Waals surface area contributed by atoms with Gasteiger partial charge in [-0.25, -0.2) is 0 Å². The molecule has 0 amide bonds. The third-order valence-corrected chi connectivity index (χ3v) is 0. The van der Waals surface area contributed by atoms with Crippen LogP contribution in [0.15, 0.2) is 0 Å². The van der Waals surface area contributed by atoms with Gasteiger partial charge in [0.15, 0.2) is 17.4 Å². The topological polar surface area (TPSA) is 31.5 Å². The van der Waals surface area contributed by atoms with Crippen LogP contribution < -0.4 is 18.9 Å². The van der Waals surface area contributed by atoms with Crippen molar-refractivity contribution in [2.45, 2.75) is 0 Å². The second-order valence-electron chi connectivity index (χ2n) is 0. The zero-order chi connectivity index (χ0) is 0. The van der Waals surface area contributed by atoms with Crippen LogP contribution >= 0.6 is 0 Å². The summed E-state index contributed by atoms with van der Waals surface area (Å²) in [5.41, 5.74) is 0. The van der Waals surface area contributed by atoms with E-state index in [0.29, 0.717) is 0 Å². The minimum Gasteiger partial charge on any atom is -1.00 e. The fraction of sp³-hybridized carbons (Fsp3) is 0. The third kappa shape index (κ3) is 11.0. The van der Waals surface area contributed by atoms with Crippen LogP contribution in [0.3, 0.4) is 0 Å². The molecular weight excluding hydrogens is 60.7 g/mol. The van der Waals surface area contributed by atoms with Gasteiger partial charge in [0.1, 0.15) is 0 Å². The minimum absolute atomic E-state index is 0. The summed E-state index contributed by atoms with van der Waals surface area (Å²) >= 11 is 0. The van der Waals surface area contributed by atoms with Crippen molar-refractivity contribution < 1.29 is 25.8 Å². The Morgan fingerprint density at radius 1 is 1.25 bits per heavy atom. The van der Waals surface area contributed by atoms with Crippen molar-refractivity contribution >= 4 is 25.8 Å². The summed E-state index contributed by atoms with van der Waals surface area (Å²) in [6, 6.07) is 0. The minimum atomic E-state index is 0. The zero-order valence-electron chi connectivity index (χ0n) is 3.08. The van der Waals surface area contributed by atoms with E-state index in [1.54, 1.807) is 0 Å². The molecule has 0 atom stereocenters. The summed E-state index contributed by atoms with van der Waals surface area (Å²) in [5, 5.41) is 0. The number of rotatable bonds is 0. The zero-order valence-corrected chi connectivity index (χ0v) is 2.08. The maximum atomic E-state index is 0. The molecule has 0 aliphatic rings. The standard InChI is InChI=1S/Al.B.Li.H2O.4H/h;;;1H2;;;;/q;;+1;;;;;-1. The monoisotopic (exact) mass is 67.0 g/mol. The smallest absolute Gasteiger partial charge is 1.00 e. The largest absolute Gasteiger partial charge is 1.00 e. The third-order valence-electron chi connectivity index (χ3n) is 0. The fourth-order valence-corrected chi connectivity index (χ4v) is 0. The molecular formula is H6AlBLiO. The predicted molar refractivity (Wildman–Crippen MR) is 20.4 cm³/mol. The maximum absolute atomic E-state index is 0. The Bertz CT molecular complexity index is 11.6. The van der Waals surface area contributed by atoms with E-state index in [9.17, 15) is 0 Å². The van der Waals surface area contributed by atoms with Crippen LogP contribution in [0, 0.1) is 0 Å². The Labute approximate surface area is 51.8 Å². The Morgan fingerprint density at radius 3 is 1.25 bits per heavy atom. The second-order valence-corrected chi connectivity index (χ2v) is 0. The van der Waals surface area contributed by atoms with E-state index in [2.05, 4.69) is 0 Å². The van der Waals surface area contributed by atoms with Crippen LogP contribution in [0.2, 0.25) is 0 Å². The molecule has 0 spiro atoms. The fourth-order valence-electron chi connectivity index (χ4n) is 0. The molecule has 0 aromatic heterocycles. The quantitative estimate of drug-likeness (QED) is 0.253. The van der Waals surface area contributed by atoms with Gasteiger partial charge >= 0.3 is 18.9 Å². The van der Waals surface area contributed by atoms with Crippen molar-refractivity contribution in [1.29, 1.82) is 0 Å². The first-order valence-corrected chi connectivity index (χ1v) is 0. The molecule has 1 nitrogen and oxygen atoms in total. The first-order valence-electron chi connectivity index (χ1n) is 0. The van der Waals surface area contributed by atoms with Gasteiger partial charge < -0.3 is 6.90 Å². The van der Waals surface area contributed by atoms with Gasteiger partial charge in [-0.15, -0.1) is 0 Å². The van der Waals surface area contributed by atoms with Crippen molar-refractivity contribution in [2.75, 3.05) is 0 Å². The average Bonchev–Trinajstić information content (AvgIpc) is 0. The van der Waals surface area contributed by atoms with E-state index in [0.717, 1.165) is 0 Å². The molecule has 0 aliphatic heterocycles. The molecule has 19 valence electrons. The van der Waals surface area contributed by atoms with E-state index in [4.69, 9.17) is 0 Å². The molecule has 2 N–H and O–H groups in total. The van der Waals surface area contributed by atoms with Crippen molar-refractivity contribution in [3.8, 4) is 0 Å². The van der Waals surface area contributed by atoms with E-state index in [-0.39, 0.29) is 51.5 Å². The number of hydrogen-bond donors (Lipinski definition) is 0. The maximum Gasteiger partial charge on any atom is 1.00 e. The van der Waals surface area contributed by atoms with Gasteiger partial charge in [0, 0.05) is 8.41 Å². The Hall–Kier alpha value is 1.15. The summed E-state index contributed by atoms with van der Waals surface area (Å²) < 4.78 is 0.